The summed E-state index contributed by atoms with van der Waals surface area (Å²) in [5.74, 6) is 0.480. The number of rotatable bonds is 6. The lowest BCUT2D eigenvalue weighted by molar-refractivity contribution is 0.853. The van der Waals surface area contributed by atoms with Crippen LogP contribution in [0, 0.1) is 6.92 Å². The Hall–Kier alpha value is -1.79. The Morgan fingerprint density at radius 1 is 0.969 bits per heavy atom. The van der Waals surface area contributed by atoms with Gasteiger partial charge >= 0.3 is 0 Å². The molecule has 0 bridgehead atoms. The van der Waals surface area contributed by atoms with Gasteiger partial charge in [-0.25, -0.2) is 9.67 Å². The molecule has 0 aliphatic rings. The predicted molar refractivity (Wildman–Crippen MR) is 140 cm³/mol. The average Bonchev–Trinajstić information content (AvgIpc) is 3.33. The quantitative estimate of drug-likeness (QED) is 0.247. The van der Waals surface area contributed by atoms with Crippen LogP contribution in [-0.2, 0) is 0 Å². The van der Waals surface area contributed by atoms with Crippen molar-refractivity contribution in [2.45, 2.75) is 50.0 Å². The highest BCUT2D eigenvalue weighted by atomic mass is 35.5. The Bertz CT molecular complexity index is 1260. The third-order valence-corrected chi connectivity index (χ3v) is 8.08. The molecule has 0 aliphatic heterocycles. The van der Waals surface area contributed by atoms with Gasteiger partial charge in [-0.1, -0.05) is 92.6 Å². The summed E-state index contributed by atoms with van der Waals surface area (Å²) in [6, 6.07) is 14.3. The maximum atomic E-state index is 6.29. The van der Waals surface area contributed by atoms with Gasteiger partial charge in [-0.15, -0.1) is 11.8 Å². The van der Waals surface area contributed by atoms with E-state index in [2.05, 4.69) is 58.2 Å². The molecule has 0 atom stereocenters. The van der Waals surface area contributed by atoms with Crippen molar-refractivity contribution in [1.82, 2.24) is 14.8 Å². The highest BCUT2D eigenvalue weighted by Gasteiger charge is 2.19. The monoisotopic (exact) mass is 501 g/mol. The Morgan fingerprint density at radius 2 is 1.75 bits per heavy atom. The fourth-order valence-electron chi connectivity index (χ4n) is 3.42. The second-order valence-electron chi connectivity index (χ2n) is 8.28. The molecule has 0 saturated carbocycles. The predicted octanol–water partition coefficient (Wildman–Crippen LogP) is 8.90. The van der Waals surface area contributed by atoms with Gasteiger partial charge in [-0.05, 0) is 36.1 Å². The van der Waals surface area contributed by atoms with Crippen LogP contribution in [0.5, 0.6) is 0 Å². The summed E-state index contributed by atoms with van der Waals surface area (Å²) < 4.78 is 3.04. The van der Waals surface area contributed by atoms with Crippen molar-refractivity contribution < 1.29 is 0 Å². The van der Waals surface area contributed by atoms with E-state index in [9.17, 15) is 0 Å². The molecular formula is C25H25Cl2N3S2. The molecule has 0 aliphatic carbocycles. The summed E-state index contributed by atoms with van der Waals surface area (Å²) in [7, 11) is 0. The first-order valence-corrected chi connectivity index (χ1v) is 13.0. The summed E-state index contributed by atoms with van der Waals surface area (Å²) in [5, 5.41) is 7.14. The summed E-state index contributed by atoms with van der Waals surface area (Å²) >= 11 is 15.9. The molecule has 2 heterocycles. The van der Waals surface area contributed by atoms with Crippen molar-refractivity contribution in [3.63, 3.8) is 0 Å². The molecule has 32 heavy (non-hydrogen) atoms. The minimum Gasteiger partial charge on any atom is -0.217 e. The van der Waals surface area contributed by atoms with E-state index in [0.29, 0.717) is 21.2 Å². The second-order valence-corrected chi connectivity index (χ2v) is 11.9. The SMILES string of the molecule is Cc1nn(-c2nc(-c3ccc(Cl)c(Cl)c3)c(SC(C)C)s2)cc1-c1cccc(C(C)C)c1. The second kappa shape index (κ2) is 9.60. The van der Waals surface area contributed by atoms with Crippen LogP contribution >= 0.6 is 46.3 Å². The maximum absolute atomic E-state index is 6.29. The molecule has 0 N–H and O–H groups in total. The largest absolute Gasteiger partial charge is 0.217 e. The zero-order valence-corrected chi connectivity index (χ0v) is 21.8. The van der Waals surface area contributed by atoms with Crippen LogP contribution in [-0.4, -0.2) is 20.0 Å². The zero-order valence-electron chi connectivity index (χ0n) is 18.7. The molecule has 4 aromatic rings. The van der Waals surface area contributed by atoms with Crippen LogP contribution in [0.4, 0.5) is 0 Å². The highest BCUT2D eigenvalue weighted by molar-refractivity contribution is 8.01. The van der Waals surface area contributed by atoms with E-state index < -0.39 is 0 Å². The Balaban J connectivity index is 1.77. The zero-order chi connectivity index (χ0) is 23.0. The van der Waals surface area contributed by atoms with Crippen LogP contribution in [0.15, 0.2) is 52.9 Å². The summed E-state index contributed by atoms with van der Waals surface area (Å²) in [5.41, 5.74) is 6.48. The fourth-order valence-corrected chi connectivity index (χ4v) is 6.16. The molecule has 4 rings (SSSR count). The first-order chi connectivity index (χ1) is 15.2. The highest BCUT2D eigenvalue weighted by Crippen LogP contribution is 2.41. The molecule has 0 amide bonds. The van der Waals surface area contributed by atoms with Gasteiger partial charge in [0.25, 0.3) is 0 Å². The normalized spacial score (nSPS) is 11.7. The Kier molecular flexibility index (Phi) is 7.01. The van der Waals surface area contributed by atoms with Gasteiger partial charge in [0.2, 0.25) is 5.13 Å². The van der Waals surface area contributed by atoms with Crippen molar-refractivity contribution in [3.05, 3.63) is 70.0 Å². The Morgan fingerprint density at radius 3 is 2.44 bits per heavy atom. The van der Waals surface area contributed by atoms with Gasteiger partial charge in [0.05, 0.1) is 25.6 Å². The number of nitrogens with zero attached hydrogens (tertiary/aromatic N) is 3. The molecule has 2 aromatic carbocycles. The number of thiazole rings is 1. The number of aryl methyl sites for hydroxylation is 1. The lowest BCUT2D eigenvalue weighted by Gasteiger charge is -2.07. The lowest BCUT2D eigenvalue weighted by Crippen LogP contribution is -1.94. The van der Waals surface area contributed by atoms with Gasteiger partial charge in [0.1, 0.15) is 0 Å². The minimum absolute atomic E-state index is 0.429. The number of benzene rings is 2. The molecule has 0 fully saturated rings. The molecule has 2 aromatic heterocycles. The molecular weight excluding hydrogens is 477 g/mol. The van der Waals surface area contributed by atoms with Gasteiger partial charge < -0.3 is 0 Å². The van der Waals surface area contributed by atoms with Crippen LogP contribution in [0.1, 0.15) is 44.9 Å². The fraction of sp³-hybridized carbons (Fsp3) is 0.280. The minimum atomic E-state index is 0.429. The summed E-state index contributed by atoms with van der Waals surface area (Å²) in [6.07, 6.45) is 2.08. The van der Waals surface area contributed by atoms with Crippen molar-refractivity contribution in [2.75, 3.05) is 0 Å². The van der Waals surface area contributed by atoms with Crippen LogP contribution < -0.4 is 0 Å². The van der Waals surface area contributed by atoms with Crippen molar-refractivity contribution in [1.29, 1.82) is 0 Å². The molecule has 166 valence electrons. The number of hydrogen-bond donors (Lipinski definition) is 0. The van der Waals surface area contributed by atoms with Gasteiger partial charge in [-0.3, -0.25) is 0 Å². The van der Waals surface area contributed by atoms with E-state index >= 15 is 0 Å². The summed E-state index contributed by atoms with van der Waals surface area (Å²) in [6.45, 7) is 10.8. The van der Waals surface area contributed by atoms with E-state index in [1.54, 1.807) is 23.1 Å². The molecule has 3 nitrogen and oxygen atoms in total. The smallest absolute Gasteiger partial charge is 0.211 e. The van der Waals surface area contributed by atoms with E-state index in [4.69, 9.17) is 33.3 Å². The number of thioether (sulfide) groups is 1. The Labute approximate surface area is 207 Å². The van der Waals surface area contributed by atoms with E-state index in [1.165, 1.54) is 11.1 Å². The van der Waals surface area contributed by atoms with Gasteiger partial charge in [0.15, 0.2) is 0 Å². The molecule has 0 unspecified atom stereocenters. The van der Waals surface area contributed by atoms with E-state index in [1.807, 2.05) is 29.8 Å². The number of halogens is 2. The third kappa shape index (κ3) is 4.91. The van der Waals surface area contributed by atoms with Crippen LogP contribution in [0.2, 0.25) is 10.0 Å². The lowest BCUT2D eigenvalue weighted by atomic mass is 9.98. The van der Waals surface area contributed by atoms with Gasteiger partial charge in [-0.2, -0.15) is 5.10 Å². The first kappa shape index (κ1) is 23.4. The standard InChI is InChI=1S/C25H25Cl2N3S2/c1-14(2)17-7-6-8-18(11-17)20-13-30(29-16(20)5)25-28-23(24(32-25)31-15(3)4)19-9-10-21(26)22(27)12-19/h6-15H,1-5H3. The maximum Gasteiger partial charge on any atom is 0.211 e. The molecule has 0 saturated heterocycles. The molecule has 7 heteroatoms. The first-order valence-electron chi connectivity index (χ1n) is 10.5. The molecule has 0 spiro atoms. The van der Waals surface area contributed by atoms with E-state index in [0.717, 1.165) is 31.9 Å². The third-order valence-electron chi connectivity index (χ3n) is 5.08. The summed E-state index contributed by atoms with van der Waals surface area (Å²) in [4.78, 5) is 4.96. The number of hydrogen-bond acceptors (Lipinski definition) is 4. The van der Waals surface area contributed by atoms with Crippen molar-refractivity contribution >= 4 is 46.3 Å². The van der Waals surface area contributed by atoms with Gasteiger partial charge in [0, 0.05) is 22.6 Å². The van der Waals surface area contributed by atoms with E-state index in [-0.39, 0.29) is 0 Å². The van der Waals surface area contributed by atoms with Crippen LogP contribution in [0.3, 0.4) is 0 Å². The molecule has 0 radical (unpaired) electrons. The van der Waals surface area contributed by atoms with Crippen molar-refractivity contribution in [2.24, 2.45) is 0 Å². The van der Waals surface area contributed by atoms with Crippen molar-refractivity contribution in [3.8, 4) is 27.5 Å². The van der Waals surface area contributed by atoms with Crippen LogP contribution in [0.25, 0.3) is 27.5 Å². The average molecular weight is 503 g/mol. The topological polar surface area (TPSA) is 30.7 Å². The number of aromatic nitrogens is 3.